The largest absolute Gasteiger partial charge is 0.507 e. The molecule has 0 aromatic heterocycles. The molecule has 0 bridgehead atoms. The highest BCUT2D eigenvalue weighted by atomic mass is 31.2. The number of phenolic OH excluding ortho intramolecular Hbond substituents is 1. The number of hydrogen-bond donors (Lipinski definition) is 5. The van der Waals surface area contributed by atoms with E-state index in [4.69, 9.17) is 10.8 Å². The third-order valence-electron chi connectivity index (χ3n) is 3.51. The topological polar surface area (TPSA) is 141 Å². The summed E-state index contributed by atoms with van der Waals surface area (Å²) in [7, 11) is -4.41. The van der Waals surface area contributed by atoms with Crippen molar-refractivity contribution in [3.8, 4) is 16.9 Å². The molecule has 0 aliphatic rings. The Kier molecular flexibility index (Phi) is 5.41. The first-order valence-corrected chi connectivity index (χ1v) is 8.90. The Hall–Kier alpha value is -2.18. The van der Waals surface area contributed by atoms with Crippen LogP contribution in [0.15, 0.2) is 42.5 Å². The highest BCUT2D eigenvalue weighted by Crippen LogP contribution is 2.43. The normalized spacial score (nSPS) is 12.8. The fourth-order valence-corrected chi connectivity index (χ4v) is 3.06. The maximum atomic E-state index is 11.3. The third kappa shape index (κ3) is 4.66. The standard InChI is InChI=1S/C16H18NO6P/c17-14(16(19)20)8-12-6-11(10-4-2-1-3-5-10)7-13(15(12)18)9-24(21,22)23/h1-7,14,18H,8-9,17H2,(H,19,20)(H2,21,22,23). The van der Waals surface area contributed by atoms with E-state index < -0.39 is 25.8 Å². The van der Waals surface area contributed by atoms with Gasteiger partial charge in [-0.1, -0.05) is 30.3 Å². The second-order valence-electron chi connectivity index (χ2n) is 5.48. The molecule has 0 fully saturated rings. The first-order valence-electron chi connectivity index (χ1n) is 7.10. The van der Waals surface area contributed by atoms with Gasteiger partial charge in [0.2, 0.25) is 0 Å². The van der Waals surface area contributed by atoms with Crippen molar-refractivity contribution in [2.75, 3.05) is 0 Å². The predicted octanol–water partition coefficient (Wildman–Crippen LogP) is 1.69. The summed E-state index contributed by atoms with van der Waals surface area (Å²) in [6.45, 7) is 0. The lowest BCUT2D eigenvalue weighted by molar-refractivity contribution is -0.138. The van der Waals surface area contributed by atoms with Crippen LogP contribution in [-0.2, 0) is 21.9 Å². The molecule has 0 saturated carbocycles. The molecule has 24 heavy (non-hydrogen) atoms. The smallest absolute Gasteiger partial charge is 0.330 e. The summed E-state index contributed by atoms with van der Waals surface area (Å²) in [5.74, 6) is -1.56. The van der Waals surface area contributed by atoms with Gasteiger partial charge in [0.25, 0.3) is 0 Å². The number of benzene rings is 2. The molecule has 8 heteroatoms. The van der Waals surface area contributed by atoms with Crippen LogP contribution in [0.1, 0.15) is 11.1 Å². The number of carboxylic acid groups (broad SMARTS) is 1. The molecule has 0 amide bonds. The third-order valence-corrected chi connectivity index (χ3v) is 4.26. The summed E-state index contributed by atoms with van der Waals surface area (Å²) in [4.78, 5) is 29.4. The van der Waals surface area contributed by atoms with Gasteiger partial charge in [-0.25, -0.2) is 0 Å². The van der Waals surface area contributed by atoms with E-state index in [0.29, 0.717) is 5.56 Å². The number of aromatic hydroxyl groups is 1. The van der Waals surface area contributed by atoms with Gasteiger partial charge < -0.3 is 25.7 Å². The molecular formula is C16H18NO6P. The van der Waals surface area contributed by atoms with Crippen LogP contribution >= 0.6 is 7.60 Å². The number of rotatable bonds is 6. The zero-order chi connectivity index (χ0) is 17.9. The van der Waals surface area contributed by atoms with Crippen molar-refractivity contribution in [3.63, 3.8) is 0 Å². The fourth-order valence-electron chi connectivity index (χ4n) is 2.38. The Balaban J connectivity index is 2.54. The zero-order valence-corrected chi connectivity index (χ0v) is 13.6. The Labute approximate surface area is 138 Å². The molecule has 6 N–H and O–H groups in total. The van der Waals surface area contributed by atoms with Crippen molar-refractivity contribution < 1.29 is 29.4 Å². The first kappa shape index (κ1) is 18.2. The molecule has 7 nitrogen and oxygen atoms in total. The zero-order valence-electron chi connectivity index (χ0n) is 12.7. The molecule has 1 unspecified atom stereocenters. The summed E-state index contributed by atoms with van der Waals surface area (Å²) in [6.07, 6.45) is -0.801. The van der Waals surface area contributed by atoms with Gasteiger partial charge in [-0.05, 0) is 28.8 Å². The summed E-state index contributed by atoms with van der Waals surface area (Å²) >= 11 is 0. The van der Waals surface area contributed by atoms with Crippen LogP contribution in [0.2, 0.25) is 0 Å². The lowest BCUT2D eigenvalue weighted by Gasteiger charge is -2.15. The Morgan fingerprint density at radius 1 is 1.08 bits per heavy atom. The van der Waals surface area contributed by atoms with Crippen molar-refractivity contribution in [1.82, 2.24) is 0 Å². The number of aliphatic carboxylic acids is 1. The van der Waals surface area contributed by atoms with Crippen LogP contribution in [0.25, 0.3) is 11.1 Å². The second kappa shape index (κ2) is 7.15. The van der Waals surface area contributed by atoms with E-state index in [1.54, 1.807) is 30.3 Å². The van der Waals surface area contributed by atoms with Crippen LogP contribution < -0.4 is 5.73 Å². The molecule has 0 radical (unpaired) electrons. The van der Waals surface area contributed by atoms with Gasteiger partial charge in [-0.2, -0.15) is 0 Å². The number of phenols is 1. The molecule has 1 atom stereocenters. The SMILES string of the molecule is NC(Cc1cc(-c2ccccc2)cc(CP(=O)(O)O)c1O)C(=O)O. The molecule has 0 aliphatic carbocycles. The van der Waals surface area contributed by atoms with Gasteiger partial charge in [0.1, 0.15) is 11.8 Å². The first-order chi connectivity index (χ1) is 11.2. The number of carboxylic acids is 1. The lowest BCUT2D eigenvalue weighted by atomic mass is 9.96. The minimum absolute atomic E-state index is 0.0530. The quantitative estimate of drug-likeness (QED) is 0.499. The molecule has 2 aromatic carbocycles. The van der Waals surface area contributed by atoms with Gasteiger partial charge >= 0.3 is 13.6 Å². The van der Waals surface area contributed by atoms with Gasteiger partial charge in [0, 0.05) is 12.0 Å². The van der Waals surface area contributed by atoms with Crippen LogP contribution in [0.5, 0.6) is 5.75 Å². The van der Waals surface area contributed by atoms with Crippen LogP contribution in [0.3, 0.4) is 0 Å². The Morgan fingerprint density at radius 2 is 1.67 bits per heavy atom. The highest BCUT2D eigenvalue weighted by molar-refractivity contribution is 7.50. The summed E-state index contributed by atoms with van der Waals surface area (Å²) in [5, 5.41) is 19.2. The Bertz CT molecular complexity index is 787. The molecule has 2 rings (SSSR count). The maximum Gasteiger partial charge on any atom is 0.330 e. The van der Waals surface area contributed by atoms with E-state index in [9.17, 15) is 24.3 Å². The van der Waals surface area contributed by atoms with Gasteiger partial charge in [0.15, 0.2) is 0 Å². The van der Waals surface area contributed by atoms with E-state index in [1.807, 2.05) is 6.07 Å². The molecule has 0 saturated heterocycles. The molecule has 128 valence electrons. The van der Waals surface area contributed by atoms with Crippen LogP contribution in [0.4, 0.5) is 0 Å². The van der Waals surface area contributed by atoms with Crippen molar-refractivity contribution in [3.05, 3.63) is 53.6 Å². The van der Waals surface area contributed by atoms with Crippen LogP contribution in [-0.4, -0.2) is 32.0 Å². The summed E-state index contributed by atoms with van der Waals surface area (Å²) in [6, 6.07) is 10.9. The van der Waals surface area contributed by atoms with E-state index in [2.05, 4.69) is 0 Å². The summed E-state index contributed by atoms with van der Waals surface area (Å²) < 4.78 is 11.3. The van der Waals surface area contributed by atoms with Crippen molar-refractivity contribution in [2.24, 2.45) is 5.73 Å². The molecular weight excluding hydrogens is 333 g/mol. The average molecular weight is 351 g/mol. The number of carbonyl (C=O) groups is 1. The number of nitrogens with two attached hydrogens (primary N) is 1. The minimum atomic E-state index is -4.41. The van der Waals surface area contributed by atoms with E-state index in [0.717, 1.165) is 5.56 Å². The minimum Gasteiger partial charge on any atom is -0.507 e. The fraction of sp³-hybridized carbons (Fsp3) is 0.188. The number of hydrogen-bond acceptors (Lipinski definition) is 4. The molecule has 0 heterocycles. The average Bonchev–Trinajstić information content (AvgIpc) is 2.50. The van der Waals surface area contributed by atoms with E-state index in [-0.39, 0.29) is 23.3 Å². The van der Waals surface area contributed by atoms with Crippen molar-refractivity contribution >= 4 is 13.6 Å². The van der Waals surface area contributed by atoms with Crippen LogP contribution in [0, 0.1) is 0 Å². The Morgan fingerprint density at radius 3 is 2.21 bits per heavy atom. The molecule has 0 aliphatic heterocycles. The van der Waals surface area contributed by atoms with Crippen molar-refractivity contribution in [2.45, 2.75) is 18.6 Å². The van der Waals surface area contributed by atoms with Gasteiger partial charge in [-0.3, -0.25) is 9.36 Å². The summed E-state index contributed by atoms with van der Waals surface area (Å²) in [5.41, 5.74) is 7.19. The monoisotopic (exact) mass is 351 g/mol. The van der Waals surface area contributed by atoms with Crippen molar-refractivity contribution in [1.29, 1.82) is 0 Å². The van der Waals surface area contributed by atoms with Gasteiger partial charge in [0.05, 0.1) is 6.16 Å². The predicted molar refractivity (Wildman–Crippen MR) is 88.6 cm³/mol. The van der Waals surface area contributed by atoms with E-state index in [1.165, 1.54) is 6.07 Å². The lowest BCUT2D eigenvalue weighted by Crippen LogP contribution is -2.32. The maximum absolute atomic E-state index is 11.3. The van der Waals surface area contributed by atoms with E-state index >= 15 is 0 Å². The van der Waals surface area contributed by atoms with Gasteiger partial charge in [-0.15, -0.1) is 0 Å². The molecule has 2 aromatic rings. The molecule has 0 spiro atoms. The second-order valence-corrected chi connectivity index (χ2v) is 7.13. The highest BCUT2D eigenvalue weighted by Gasteiger charge is 2.22.